The molecule has 0 N–H and O–H groups in total. The number of hydrogen-bond donors (Lipinski definition) is 0. The minimum absolute atomic E-state index is 0.701. The van der Waals surface area contributed by atoms with E-state index in [1.165, 1.54) is 6.04 Å². The number of hydrogen-bond acceptors (Lipinski definition) is 3. The van der Waals surface area contributed by atoms with Crippen molar-refractivity contribution in [2.75, 3.05) is 19.9 Å². The molecule has 0 unspecified atom stereocenters. The summed E-state index contributed by atoms with van der Waals surface area (Å²) in [6.07, 6.45) is 1.92. The van der Waals surface area contributed by atoms with Crippen molar-refractivity contribution in [3.8, 4) is 16.9 Å². The zero-order valence-corrected chi connectivity index (χ0v) is 19.9. The number of ether oxygens (including phenoxy) is 2. The third-order valence-corrected chi connectivity index (χ3v) is 9.45. The molecule has 30 heavy (non-hydrogen) atoms. The second kappa shape index (κ2) is 10.8. The molecule has 3 nitrogen and oxygen atoms in total. The molecule has 3 aromatic rings. The standard InChI is InChI=1S/C13H21O2Si.C12H9.Co.O/c1-14-12-16(2,3)11-7-10-15-13-8-5-4-6-9-13;1-3-7-11(8-4-1)12-9-5-2-6-10-12;;/h5-6,8-9H,7,10-12H2,1-3H3;1,3-10H;;. The Morgan fingerprint density at radius 2 is 1.37 bits per heavy atom. The fraction of sp³-hybridized carbons (Fsp3) is 0.280. The summed E-state index contributed by atoms with van der Waals surface area (Å²) in [5.41, 5.74) is 2.29. The van der Waals surface area contributed by atoms with Gasteiger partial charge < -0.3 is 0 Å². The molecule has 0 radical (unpaired) electrons. The van der Waals surface area contributed by atoms with E-state index in [9.17, 15) is 3.87 Å². The molecule has 0 aromatic heterocycles. The summed E-state index contributed by atoms with van der Waals surface area (Å²) < 4.78 is 25.8. The third kappa shape index (κ3) is 6.47. The van der Waals surface area contributed by atoms with Gasteiger partial charge in [-0.05, 0) is 0 Å². The van der Waals surface area contributed by atoms with Gasteiger partial charge in [-0.1, -0.05) is 0 Å². The van der Waals surface area contributed by atoms with Crippen molar-refractivity contribution in [1.82, 2.24) is 0 Å². The summed E-state index contributed by atoms with van der Waals surface area (Å²) in [6.45, 7) is 5.38. The predicted octanol–water partition coefficient (Wildman–Crippen LogP) is 4.93. The van der Waals surface area contributed by atoms with Crippen LogP contribution in [0.2, 0.25) is 19.1 Å². The molecule has 0 spiro atoms. The average molecular weight is 466 g/mol. The first-order valence-corrected chi connectivity index (χ1v) is 15.0. The SMILES string of the molecule is COC[Si](C)(C)CCCOc1cc[c]([Co](=[O])[c]2ccc(-c3ccccc3)cc2)cc1. The third-order valence-electron chi connectivity index (χ3n) is 4.89. The Morgan fingerprint density at radius 3 is 1.97 bits per heavy atom. The van der Waals surface area contributed by atoms with Crippen molar-refractivity contribution in [1.29, 1.82) is 0 Å². The molecule has 0 fully saturated rings. The van der Waals surface area contributed by atoms with Gasteiger partial charge in [0.2, 0.25) is 0 Å². The Kier molecular flexibility index (Phi) is 8.16. The van der Waals surface area contributed by atoms with Crippen molar-refractivity contribution >= 4 is 17.1 Å². The Hall–Kier alpha value is -2.06. The van der Waals surface area contributed by atoms with Gasteiger partial charge in [-0.3, -0.25) is 0 Å². The van der Waals surface area contributed by atoms with Gasteiger partial charge in [-0.25, -0.2) is 0 Å². The van der Waals surface area contributed by atoms with Gasteiger partial charge in [0.15, 0.2) is 0 Å². The molecule has 0 aliphatic rings. The normalized spacial score (nSPS) is 11.9. The molecule has 0 heterocycles. The summed E-state index contributed by atoms with van der Waals surface area (Å²) in [5.74, 6) is 0.826. The molecule has 0 aliphatic heterocycles. The summed E-state index contributed by atoms with van der Waals surface area (Å²) in [5, 5.41) is 0. The van der Waals surface area contributed by atoms with Crippen molar-refractivity contribution in [3.63, 3.8) is 0 Å². The molecule has 0 bridgehead atoms. The molecular weight excluding hydrogens is 435 g/mol. The van der Waals surface area contributed by atoms with E-state index in [1.807, 2.05) is 66.7 Å². The van der Waals surface area contributed by atoms with E-state index in [4.69, 9.17) is 9.47 Å². The first kappa shape index (κ1) is 22.6. The van der Waals surface area contributed by atoms with Gasteiger partial charge in [0, 0.05) is 0 Å². The Balaban J connectivity index is 1.55. The van der Waals surface area contributed by atoms with Crippen LogP contribution in [0.1, 0.15) is 6.42 Å². The molecule has 0 saturated heterocycles. The first-order valence-electron chi connectivity index (χ1n) is 10.2. The summed E-state index contributed by atoms with van der Waals surface area (Å²) in [4.78, 5) is 0. The Bertz CT molecular complexity index is 938. The maximum absolute atomic E-state index is 12.9. The van der Waals surface area contributed by atoms with E-state index in [1.54, 1.807) is 7.11 Å². The van der Waals surface area contributed by atoms with Crippen LogP contribution in [0.15, 0.2) is 78.9 Å². The fourth-order valence-corrected chi connectivity index (χ4v) is 6.66. The second-order valence-electron chi connectivity index (χ2n) is 8.04. The van der Waals surface area contributed by atoms with Crippen LogP contribution in [0, 0.1) is 0 Å². The van der Waals surface area contributed by atoms with Crippen molar-refractivity contribution < 1.29 is 26.9 Å². The quantitative estimate of drug-likeness (QED) is 0.315. The summed E-state index contributed by atoms with van der Waals surface area (Å²) in [7, 11) is 0.503. The van der Waals surface area contributed by atoms with E-state index < -0.39 is 21.7 Å². The first-order chi connectivity index (χ1) is 14.5. The van der Waals surface area contributed by atoms with Gasteiger partial charge in [-0.2, -0.15) is 0 Å². The molecule has 3 aromatic carbocycles. The van der Waals surface area contributed by atoms with Gasteiger partial charge in [0.05, 0.1) is 0 Å². The Labute approximate surface area is 185 Å². The minimum atomic E-state index is -1.59. The molecule has 3 rings (SSSR count). The molecule has 0 amide bonds. The van der Waals surface area contributed by atoms with Crippen LogP contribution < -0.4 is 13.7 Å². The molecule has 5 heteroatoms. The molecule has 0 atom stereocenters. The fourth-order valence-electron chi connectivity index (χ4n) is 3.31. The zero-order valence-electron chi connectivity index (χ0n) is 17.9. The number of benzene rings is 3. The molecule has 161 valence electrons. The van der Waals surface area contributed by atoms with E-state index in [0.29, 0.717) is 6.61 Å². The number of rotatable bonds is 10. The van der Waals surface area contributed by atoms with Crippen LogP contribution in [0.3, 0.4) is 0 Å². The summed E-state index contributed by atoms with van der Waals surface area (Å²) in [6, 6.07) is 27.0. The van der Waals surface area contributed by atoms with Gasteiger partial charge in [0.25, 0.3) is 0 Å². The van der Waals surface area contributed by atoms with Gasteiger partial charge in [-0.15, -0.1) is 0 Å². The van der Waals surface area contributed by atoms with Crippen LogP contribution in [-0.4, -0.2) is 28.0 Å². The number of methoxy groups -OCH3 is 1. The van der Waals surface area contributed by atoms with Crippen molar-refractivity contribution in [2.24, 2.45) is 0 Å². The Morgan fingerprint density at radius 1 is 0.800 bits per heavy atom. The van der Waals surface area contributed by atoms with Crippen LogP contribution in [-0.2, 0) is 22.2 Å². The van der Waals surface area contributed by atoms with Gasteiger partial charge in [0.1, 0.15) is 0 Å². The van der Waals surface area contributed by atoms with Crippen LogP contribution >= 0.6 is 0 Å². The van der Waals surface area contributed by atoms with Crippen molar-refractivity contribution in [2.45, 2.75) is 25.6 Å². The monoisotopic (exact) mass is 465 g/mol. The van der Waals surface area contributed by atoms with E-state index in [2.05, 4.69) is 25.2 Å². The van der Waals surface area contributed by atoms with Crippen LogP contribution in [0.5, 0.6) is 5.75 Å². The molecule has 0 aliphatic carbocycles. The van der Waals surface area contributed by atoms with E-state index in [-0.39, 0.29) is 0 Å². The maximum atomic E-state index is 12.9. The molecule has 0 saturated carbocycles. The second-order valence-corrected chi connectivity index (χ2v) is 15.0. The van der Waals surface area contributed by atoms with Crippen LogP contribution in [0.25, 0.3) is 11.1 Å². The topological polar surface area (TPSA) is 35.5 Å². The molecular formula is C25H30CoO3Si. The predicted molar refractivity (Wildman–Crippen MR) is 123 cm³/mol. The van der Waals surface area contributed by atoms with E-state index in [0.717, 1.165) is 38.5 Å². The van der Waals surface area contributed by atoms with Crippen LogP contribution in [0.4, 0.5) is 0 Å². The zero-order chi connectivity index (χ0) is 21.4. The summed E-state index contributed by atoms with van der Waals surface area (Å²) >= 11 is -1.59. The average Bonchev–Trinajstić information content (AvgIpc) is 2.77. The van der Waals surface area contributed by atoms with Gasteiger partial charge >= 0.3 is 185 Å². The van der Waals surface area contributed by atoms with E-state index >= 15 is 0 Å². The van der Waals surface area contributed by atoms with Crippen molar-refractivity contribution in [3.05, 3.63) is 78.9 Å².